The van der Waals surface area contributed by atoms with Crippen LogP contribution in [0.15, 0.2) is 60.8 Å². The Labute approximate surface area is 116 Å². The molecule has 1 atom stereocenters. The summed E-state index contributed by atoms with van der Waals surface area (Å²) in [7, 11) is 0. The van der Waals surface area contributed by atoms with E-state index in [1.807, 2.05) is 36.4 Å². The molecule has 100 valence electrons. The van der Waals surface area contributed by atoms with Crippen LogP contribution in [0.5, 0.6) is 0 Å². The van der Waals surface area contributed by atoms with E-state index >= 15 is 0 Å². The van der Waals surface area contributed by atoms with Gasteiger partial charge in [-0.2, -0.15) is 0 Å². The summed E-state index contributed by atoms with van der Waals surface area (Å²) in [6.45, 7) is 0. The minimum atomic E-state index is -0.273. The Morgan fingerprint density at radius 1 is 1.00 bits per heavy atom. The van der Waals surface area contributed by atoms with Crippen molar-refractivity contribution in [2.75, 3.05) is 0 Å². The van der Waals surface area contributed by atoms with Gasteiger partial charge in [0.15, 0.2) is 0 Å². The maximum Gasteiger partial charge on any atom is 0.123 e. The molecule has 0 aliphatic heterocycles. The van der Waals surface area contributed by atoms with Crippen LogP contribution in [-0.2, 0) is 0 Å². The molecule has 3 nitrogen and oxygen atoms in total. The number of nitrogens with two attached hydrogens (primary N) is 1. The molecule has 0 saturated carbocycles. The number of hydrogen-bond acceptors (Lipinski definition) is 3. The number of hydrazine groups is 1. The van der Waals surface area contributed by atoms with Gasteiger partial charge in [-0.25, -0.2) is 9.82 Å². The lowest BCUT2D eigenvalue weighted by atomic mass is 9.98. The summed E-state index contributed by atoms with van der Waals surface area (Å²) in [4.78, 5) is 4.28. The zero-order chi connectivity index (χ0) is 13.9. The largest absolute Gasteiger partial charge is 0.271 e. The number of hydrogen-bond donors (Lipinski definition) is 2. The zero-order valence-corrected chi connectivity index (χ0v) is 10.8. The molecule has 3 aromatic rings. The van der Waals surface area contributed by atoms with E-state index in [-0.39, 0.29) is 11.9 Å². The van der Waals surface area contributed by atoms with Crippen molar-refractivity contribution in [2.45, 2.75) is 6.04 Å². The van der Waals surface area contributed by atoms with Crippen molar-refractivity contribution in [3.63, 3.8) is 0 Å². The first-order valence-corrected chi connectivity index (χ1v) is 6.34. The van der Waals surface area contributed by atoms with Crippen molar-refractivity contribution >= 4 is 10.9 Å². The third-order valence-electron chi connectivity index (χ3n) is 3.31. The highest BCUT2D eigenvalue weighted by Gasteiger charge is 2.13. The predicted octanol–water partition coefficient (Wildman–Crippen LogP) is 2.93. The van der Waals surface area contributed by atoms with Crippen LogP contribution in [0.4, 0.5) is 4.39 Å². The summed E-state index contributed by atoms with van der Waals surface area (Å²) >= 11 is 0. The Bertz CT molecular complexity index is 742. The van der Waals surface area contributed by atoms with Gasteiger partial charge in [-0.15, -0.1) is 0 Å². The van der Waals surface area contributed by atoms with Crippen molar-refractivity contribution < 1.29 is 4.39 Å². The first-order valence-electron chi connectivity index (χ1n) is 6.34. The van der Waals surface area contributed by atoms with Crippen LogP contribution in [0, 0.1) is 5.82 Å². The molecule has 1 heterocycles. The molecular formula is C16H14FN3. The fourth-order valence-electron chi connectivity index (χ4n) is 2.34. The summed E-state index contributed by atoms with van der Waals surface area (Å²) in [6, 6.07) is 16.0. The van der Waals surface area contributed by atoms with Crippen LogP contribution in [-0.4, -0.2) is 4.98 Å². The van der Waals surface area contributed by atoms with Gasteiger partial charge in [0.1, 0.15) is 5.82 Å². The molecule has 0 amide bonds. The number of halogens is 1. The van der Waals surface area contributed by atoms with E-state index in [9.17, 15) is 4.39 Å². The molecule has 20 heavy (non-hydrogen) atoms. The van der Waals surface area contributed by atoms with Gasteiger partial charge in [0, 0.05) is 11.6 Å². The Balaban J connectivity index is 2.07. The fraction of sp³-hybridized carbons (Fsp3) is 0.0625. The topological polar surface area (TPSA) is 50.9 Å². The lowest BCUT2D eigenvalue weighted by Gasteiger charge is -2.17. The molecule has 0 aliphatic rings. The van der Waals surface area contributed by atoms with Crippen molar-refractivity contribution in [1.82, 2.24) is 10.4 Å². The maximum absolute atomic E-state index is 13.4. The van der Waals surface area contributed by atoms with Gasteiger partial charge in [0.25, 0.3) is 0 Å². The summed E-state index contributed by atoms with van der Waals surface area (Å²) in [5, 5.41) is 1.03. The quantitative estimate of drug-likeness (QED) is 0.566. The molecule has 0 radical (unpaired) electrons. The minimum Gasteiger partial charge on any atom is -0.271 e. The maximum atomic E-state index is 13.4. The number of fused-ring (bicyclic) bond motifs is 1. The van der Waals surface area contributed by atoms with Crippen molar-refractivity contribution in [2.24, 2.45) is 5.84 Å². The third kappa shape index (κ3) is 2.39. The van der Waals surface area contributed by atoms with Crippen LogP contribution >= 0.6 is 0 Å². The van der Waals surface area contributed by atoms with Gasteiger partial charge in [-0.1, -0.05) is 24.3 Å². The molecule has 1 unspecified atom stereocenters. The van der Waals surface area contributed by atoms with Crippen LogP contribution < -0.4 is 11.3 Å². The average Bonchev–Trinajstić information content (AvgIpc) is 2.48. The molecule has 0 spiro atoms. The number of benzene rings is 2. The van der Waals surface area contributed by atoms with E-state index in [0.717, 1.165) is 22.0 Å². The highest BCUT2D eigenvalue weighted by molar-refractivity contribution is 5.79. The second-order valence-electron chi connectivity index (χ2n) is 4.61. The highest BCUT2D eigenvalue weighted by atomic mass is 19.1. The van der Waals surface area contributed by atoms with Crippen molar-refractivity contribution in [3.05, 3.63) is 77.7 Å². The van der Waals surface area contributed by atoms with E-state index in [1.165, 1.54) is 12.1 Å². The third-order valence-corrected chi connectivity index (χ3v) is 3.31. The number of pyridine rings is 1. The molecule has 3 N–H and O–H groups in total. The summed E-state index contributed by atoms with van der Waals surface area (Å²) in [6.07, 6.45) is 1.76. The van der Waals surface area contributed by atoms with E-state index in [2.05, 4.69) is 10.4 Å². The lowest BCUT2D eigenvalue weighted by Crippen LogP contribution is -2.28. The standard InChI is InChI=1S/C16H14FN3/c17-14-5-1-3-12(10-14)16(20-18)13-6-7-15-11(9-13)4-2-8-19-15/h1-10,16,20H,18H2. The van der Waals surface area contributed by atoms with Gasteiger partial charge in [-0.05, 0) is 41.5 Å². The molecular weight excluding hydrogens is 253 g/mol. The summed E-state index contributed by atoms with van der Waals surface area (Å²) in [5.41, 5.74) is 5.42. The first kappa shape index (κ1) is 12.7. The molecule has 0 fully saturated rings. The van der Waals surface area contributed by atoms with E-state index < -0.39 is 0 Å². The molecule has 1 aromatic heterocycles. The van der Waals surface area contributed by atoms with Crippen LogP contribution in [0.25, 0.3) is 10.9 Å². The Morgan fingerprint density at radius 2 is 1.85 bits per heavy atom. The number of nitrogens with zero attached hydrogens (tertiary/aromatic N) is 1. The van der Waals surface area contributed by atoms with Gasteiger partial charge in [-0.3, -0.25) is 10.8 Å². The molecule has 4 heteroatoms. The smallest absolute Gasteiger partial charge is 0.123 e. The number of aromatic nitrogens is 1. The normalized spacial score (nSPS) is 12.5. The van der Waals surface area contributed by atoms with Crippen LogP contribution in [0.1, 0.15) is 17.2 Å². The first-order chi connectivity index (χ1) is 9.78. The zero-order valence-electron chi connectivity index (χ0n) is 10.8. The second kappa shape index (κ2) is 5.36. The second-order valence-corrected chi connectivity index (χ2v) is 4.61. The molecule has 0 saturated heterocycles. The predicted molar refractivity (Wildman–Crippen MR) is 77.3 cm³/mol. The number of nitrogens with one attached hydrogen (secondary N) is 1. The van der Waals surface area contributed by atoms with Gasteiger partial charge in [0.05, 0.1) is 11.6 Å². The molecule has 0 bridgehead atoms. The summed E-state index contributed by atoms with van der Waals surface area (Å²) in [5.74, 6) is 5.37. The van der Waals surface area contributed by atoms with Gasteiger partial charge >= 0.3 is 0 Å². The van der Waals surface area contributed by atoms with E-state index in [1.54, 1.807) is 12.3 Å². The Morgan fingerprint density at radius 3 is 2.65 bits per heavy atom. The Kier molecular flexibility index (Phi) is 3.41. The SMILES string of the molecule is NNC(c1cccc(F)c1)c1ccc2ncccc2c1. The molecule has 0 aliphatic carbocycles. The summed E-state index contributed by atoms with van der Waals surface area (Å²) < 4.78 is 13.4. The number of rotatable bonds is 3. The van der Waals surface area contributed by atoms with Gasteiger partial charge < -0.3 is 0 Å². The Hall–Kier alpha value is -2.30. The molecule has 3 rings (SSSR count). The monoisotopic (exact) mass is 267 g/mol. The van der Waals surface area contributed by atoms with Crippen LogP contribution in [0.2, 0.25) is 0 Å². The van der Waals surface area contributed by atoms with E-state index in [4.69, 9.17) is 5.84 Å². The van der Waals surface area contributed by atoms with Crippen molar-refractivity contribution in [3.8, 4) is 0 Å². The highest BCUT2D eigenvalue weighted by Crippen LogP contribution is 2.24. The molecule has 2 aromatic carbocycles. The average molecular weight is 267 g/mol. The minimum absolute atomic E-state index is 0.254. The van der Waals surface area contributed by atoms with Crippen LogP contribution in [0.3, 0.4) is 0 Å². The van der Waals surface area contributed by atoms with Gasteiger partial charge in [0.2, 0.25) is 0 Å². The van der Waals surface area contributed by atoms with Crippen molar-refractivity contribution in [1.29, 1.82) is 0 Å². The fourth-order valence-corrected chi connectivity index (χ4v) is 2.34. The van der Waals surface area contributed by atoms with E-state index in [0.29, 0.717) is 0 Å². The lowest BCUT2D eigenvalue weighted by molar-refractivity contribution is 0.605.